The quantitative estimate of drug-likeness (QED) is 0.840. The number of rotatable bonds is 7. The summed E-state index contributed by atoms with van der Waals surface area (Å²) < 4.78 is 10.8. The van der Waals surface area contributed by atoms with Crippen LogP contribution in [-0.2, 0) is 0 Å². The maximum atomic E-state index is 10.3. The van der Waals surface area contributed by atoms with E-state index in [1.54, 1.807) is 7.11 Å². The number of ether oxygens (including phenoxy) is 2. The summed E-state index contributed by atoms with van der Waals surface area (Å²) in [5.74, 6) is 1.78. The van der Waals surface area contributed by atoms with Crippen LogP contribution in [0.5, 0.6) is 11.5 Å². The Morgan fingerprint density at radius 3 is 2.19 bits per heavy atom. The predicted molar refractivity (Wildman–Crippen MR) is 83.7 cm³/mol. The molecule has 0 aromatic heterocycles. The Balaban J connectivity index is 1.79. The van der Waals surface area contributed by atoms with Gasteiger partial charge in [-0.25, -0.2) is 0 Å². The first kappa shape index (κ1) is 15.4. The second-order valence-corrected chi connectivity index (χ2v) is 5.15. The summed E-state index contributed by atoms with van der Waals surface area (Å²) in [4.78, 5) is 0. The van der Waals surface area contributed by atoms with Crippen molar-refractivity contribution in [1.82, 2.24) is 0 Å². The maximum Gasteiger partial charge on any atom is 0.119 e. The number of hydrogen-bond donors (Lipinski definition) is 1. The number of aliphatic hydroxyl groups is 1. The zero-order chi connectivity index (χ0) is 15.1. The van der Waals surface area contributed by atoms with Crippen molar-refractivity contribution in [1.29, 1.82) is 0 Å². The van der Waals surface area contributed by atoms with Crippen LogP contribution in [0.3, 0.4) is 0 Å². The van der Waals surface area contributed by atoms with Crippen molar-refractivity contribution in [3.05, 3.63) is 60.2 Å². The summed E-state index contributed by atoms with van der Waals surface area (Å²) in [5.41, 5.74) is 0.953. The molecular formula is C18H22O3. The summed E-state index contributed by atoms with van der Waals surface area (Å²) >= 11 is 0. The summed E-state index contributed by atoms with van der Waals surface area (Å²) in [6, 6.07) is 17.3. The van der Waals surface area contributed by atoms with E-state index in [2.05, 4.69) is 0 Å². The second-order valence-electron chi connectivity index (χ2n) is 5.15. The molecule has 0 spiro atoms. The van der Waals surface area contributed by atoms with E-state index in [1.165, 1.54) is 0 Å². The average molecular weight is 286 g/mol. The van der Waals surface area contributed by atoms with Crippen molar-refractivity contribution in [2.75, 3.05) is 13.7 Å². The van der Waals surface area contributed by atoms with Crippen LogP contribution in [0.2, 0.25) is 0 Å². The first-order valence-electron chi connectivity index (χ1n) is 7.20. The largest absolute Gasteiger partial charge is 0.497 e. The summed E-state index contributed by atoms with van der Waals surface area (Å²) in [6.07, 6.45) is 0.341. The second kappa shape index (κ2) is 7.70. The SMILES string of the molecule is COc1ccc(OCCC(C)C(O)c2ccccc2)cc1. The lowest BCUT2D eigenvalue weighted by Crippen LogP contribution is -2.12. The van der Waals surface area contributed by atoms with E-state index >= 15 is 0 Å². The Hall–Kier alpha value is -2.00. The smallest absolute Gasteiger partial charge is 0.119 e. The van der Waals surface area contributed by atoms with Gasteiger partial charge in [-0.15, -0.1) is 0 Å². The Bertz CT molecular complexity index is 522. The third-order valence-electron chi connectivity index (χ3n) is 3.58. The molecule has 0 aliphatic carbocycles. The van der Waals surface area contributed by atoms with Crippen LogP contribution in [0.25, 0.3) is 0 Å². The van der Waals surface area contributed by atoms with Gasteiger partial charge in [0, 0.05) is 0 Å². The Kier molecular flexibility index (Phi) is 5.64. The van der Waals surface area contributed by atoms with Crippen molar-refractivity contribution in [2.45, 2.75) is 19.4 Å². The van der Waals surface area contributed by atoms with Gasteiger partial charge >= 0.3 is 0 Å². The molecule has 3 nitrogen and oxygen atoms in total. The van der Waals surface area contributed by atoms with Gasteiger partial charge in [0.05, 0.1) is 19.8 Å². The van der Waals surface area contributed by atoms with Crippen LogP contribution < -0.4 is 9.47 Å². The van der Waals surface area contributed by atoms with E-state index in [-0.39, 0.29) is 5.92 Å². The van der Waals surface area contributed by atoms with Crippen LogP contribution in [0.1, 0.15) is 25.0 Å². The highest BCUT2D eigenvalue weighted by molar-refractivity contribution is 5.31. The molecule has 3 heteroatoms. The molecule has 2 aromatic rings. The molecule has 21 heavy (non-hydrogen) atoms. The number of hydrogen-bond acceptors (Lipinski definition) is 3. The normalized spacial score (nSPS) is 13.5. The van der Waals surface area contributed by atoms with Crippen molar-refractivity contribution in [3.63, 3.8) is 0 Å². The van der Waals surface area contributed by atoms with Crippen molar-refractivity contribution in [2.24, 2.45) is 5.92 Å². The molecule has 2 unspecified atom stereocenters. The van der Waals surface area contributed by atoms with Gasteiger partial charge in [-0.2, -0.15) is 0 Å². The van der Waals surface area contributed by atoms with Gasteiger partial charge in [0.25, 0.3) is 0 Å². The summed E-state index contributed by atoms with van der Waals surface area (Å²) in [6.45, 7) is 2.62. The van der Waals surface area contributed by atoms with E-state index in [1.807, 2.05) is 61.5 Å². The van der Waals surface area contributed by atoms with Gasteiger partial charge in [-0.1, -0.05) is 37.3 Å². The highest BCUT2D eigenvalue weighted by atomic mass is 16.5. The fraction of sp³-hybridized carbons (Fsp3) is 0.333. The van der Waals surface area contributed by atoms with Crippen molar-refractivity contribution < 1.29 is 14.6 Å². The van der Waals surface area contributed by atoms with Crippen molar-refractivity contribution in [3.8, 4) is 11.5 Å². The molecule has 0 bridgehead atoms. The fourth-order valence-corrected chi connectivity index (χ4v) is 2.17. The fourth-order valence-electron chi connectivity index (χ4n) is 2.17. The Labute approximate surface area is 126 Å². The predicted octanol–water partition coefficient (Wildman–Crippen LogP) is 3.83. The van der Waals surface area contributed by atoms with Gasteiger partial charge < -0.3 is 14.6 Å². The maximum absolute atomic E-state index is 10.3. The molecule has 112 valence electrons. The standard InChI is InChI=1S/C18H22O3/c1-14(18(19)15-6-4-3-5-7-15)12-13-21-17-10-8-16(20-2)9-11-17/h3-11,14,18-19H,12-13H2,1-2H3. The molecule has 0 heterocycles. The Morgan fingerprint density at radius 1 is 0.952 bits per heavy atom. The minimum absolute atomic E-state index is 0.144. The highest BCUT2D eigenvalue weighted by Gasteiger charge is 2.15. The number of methoxy groups -OCH3 is 1. The first-order valence-corrected chi connectivity index (χ1v) is 7.20. The van der Waals surface area contributed by atoms with Crippen LogP contribution in [0.4, 0.5) is 0 Å². The molecule has 1 N–H and O–H groups in total. The topological polar surface area (TPSA) is 38.7 Å². The van der Waals surface area contributed by atoms with Gasteiger partial charge in [0.2, 0.25) is 0 Å². The molecule has 0 amide bonds. The first-order chi connectivity index (χ1) is 10.2. The monoisotopic (exact) mass is 286 g/mol. The summed E-state index contributed by atoms with van der Waals surface area (Å²) in [5, 5.41) is 10.3. The lowest BCUT2D eigenvalue weighted by molar-refractivity contribution is 0.102. The third kappa shape index (κ3) is 4.50. The molecule has 0 aliphatic heterocycles. The Morgan fingerprint density at radius 2 is 1.57 bits per heavy atom. The van der Waals surface area contributed by atoms with Crippen LogP contribution in [0, 0.1) is 5.92 Å². The average Bonchev–Trinajstić information content (AvgIpc) is 2.55. The van der Waals surface area contributed by atoms with E-state index in [0.29, 0.717) is 6.61 Å². The molecular weight excluding hydrogens is 264 g/mol. The van der Waals surface area contributed by atoms with Crippen molar-refractivity contribution >= 4 is 0 Å². The number of aliphatic hydroxyl groups excluding tert-OH is 1. The van der Waals surface area contributed by atoms with Crippen LogP contribution in [0.15, 0.2) is 54.6 Å². The lowest BCUT2D eigenvalue weighted by atomic mass is 9.95. The van der Waals surface area contributed by atoms with Crippen LogP contribution >= 0.6 is 0 Å². The molecule has 0 aliphatic rings. The third-order valence-corrected chi connectivity index (χ3v) is 3.58. The highest BCUT2D eigenvalue weighted by Crippen LogP contribution is 2.24. The van der Waals surface area contributed by atoms with E-state index in [0.717, 1.165) is 23.5 Å². The van der Waals surface area contributed by atoms with E-state index < -0.39 is 6.10 Å². The van der Waals surface area contributed by atoms with E-state index in [4.69, 9.17) is 9.47 Å². The molecule has 2 atom stereocenters. The molecule has 0 saturated heterocycles. The molecule has 0 radical (unpaired) electrons. The molecule has 2 rings (SSSR count). The number of benzene rings is 2. The van der Waals surface area contributed by atoms with Gasteiger partial charge in [-0.3, -0.25) is 0 Å². The molecule has 0 fully saturated rings. The minimum Gasteiger partial charge on any atom is -0.497 e. The zero-order valence-electron chi connectivity index (χ0n) is 12.5. The van der Waals surface area contributed by atoms with Gasteiger partial charge in [0.1, 0.15) is 11.5 Å². The van der Waals surface area contributed by atoms with Gasteiger partial charge in [-0.05, 0) is 42.2 Å². The molecule has 2 aromatic carbocycles. The van der Waals surface area contributed by atoms with E-state index in [9.17, 15) is 5.11 Å². The molecule has 0 saturated carbocycles. The lowest BCUT2D eigenvalue weighted by Gasteiger charge is -2.19. The summed E-state index contributed by atoms with van der Waals surface area (Å²) in [7, 11) is 1.64. The van der Waals surface area contributed by atoms with Gasteiger partial charge in [0.15, 0.2) is 0 Å². The minimum atomic E-state index is -0.453. The van der Waals surface area contributed by atoms with Crippen LogP contribution in [-0.4, -0.2) is 18.8 Å². The zero-order valence-corrected chi connectivity index (χ0v) is 12.5.